The predicted molar refractivity (Wildman–Crippen MR) is 496 cm³/mol. The lowest BCUT2D eigenvalue weighted by molar-refractivity contribution is -0.142. The van der Waals surface area contributed by atoms with Crippen molar-refractivity contribution in [2.24, 2.45) is 35.5 Å². The summed E-state index contributed by atoms with van der Waals surface area (Å²) in [5.74, 6) is 3.03. The van der Waals surface area contributed by atoms with E-state index < -0.39 is 78.4 Å². The van der Waals surface area contributed by atoms with Gasteiger partial charge in [-0.3, -0.25) is 19.3 Å². The van der Waals surface area contributed by atoms with Crippen molar-refractivity contribution in [3.8, 4) is 56.3 Å². The van der Waals surface area contributed by atoms with Crippen LogP contribution in [0, 0.1) is 35.5 Å². The van der Waals surface area contributed by atoms with Crippen LogP contribution in [0.25, 0.3) is 88.4 Å². The minimum atomic E-state index is -1.17. The largest absolute Gasteiger partial charge is 0.488 e. The number of H-pyrrole nitrogens is 4. The molecule has 134 heavy (non-hydrogen) atoms. The zero-order chi connectivity index (χ0) is 96.2. The molecule has 10 heterocycles. The number of aromatic amines is 4. The molecule has 16 rings (SSSR count). The molecule has 14 atom stereocenters. The van der Waals surface area contributed by atoms with Crippen LogP contribution in [-0.2, 0) is 75.0 Å². The molecule has 6 aromatic carbocycles. The van der Waals surface area contributed by atoms with E-state index in [0.717, 1.165) is 143 Å². The summed E-state index contributed by atoms with van der Waals surface area (Å²) in [4.78, 5) is 154. The molecule has 6 aliphatic rings. The highest BCUT2D eigenvalue weighted by Crippen LogP contribution is 2.48. The van der Waals surface area contributed by atoms with Crippen LogP contribution in [0.1, 0.15) is 160 Å². The lowest BCUT2D eigenvalue weighted by Gasteiger charge is -2.30. The molecule has 0 bridgehead atoms. The smallest absolute Gasteiger partial charge is 0.410 e. The van der Waals surface area contributed by atoms with Crippen molar-refractivity contribution in [3.63, 3.8) is 0 Å². The number of rotatable bonds is 24. The number of amides is 8. The maximum Gasteiger partial charge on any atom is 0.410 e. The highest BCUT2D eigenvalue weighted by atomic mass is 16.6. The second-order valence-corrected chi connectivity index (χ2v) is 37.1. The van der Waals surface area contributed by atoms with Crippen LogP contribution < -0.4 is 30.7 Å². The number of fused-ring (bicyclic) bond motifs is 12. The van der Waals surface area contributed by atoms with Crippen molar-refractivity contribution >= 4 is 97.8 Å². The fraction of sp³-hybridized carbons (Fsp3) is 0.495. The Labute approximate surface area is 776 Å². The third-order valence-corrected chi connectivity index (χ3v) is 25.8. The van der Waals surface area contributed by atoms with Crippen LogP contribution in [0.15, 0.2) is 97.3 Å². The molecule has 0 radical (unpaired) electrons. The molecule has 6 aliphatic heterocycles. The van der Waals surface area contributed by atoms with E-state index in [2.05, 4.69) is 127 Å². The minimum Gasteiger partial charge on any atom is -0.488 e. The minimum absolute atomic E-state index is 0.0554. The Bertz CT molecular complexity index is 6020. The van der Waals surface area contributed by atoms with E-state index in [0.29, 0.717) is 76.5 Å². The molecule has 716 valence electrons. The Balaban J connectivity index is 0.000000190. The Morgan fingerprint density at radius 3 is 1.23 bits per heavy atom. The van der Waals surface area contributed by atoms with E-state index in [1.807, 2.05) is 82.7 Å². The first-order chi connectivity index (χ1) is 64.0. The quantitative estimate of drug-likeness (QED) is 0.0254. The highest BCUT2D eigenvalue weighted by Gasteiger charge is 2.47. The molecule has 0 spiro atoms. The number of imidazole rings is 4. The molecule has 4 fully saturated rings. The maximum atomic E-state index is 14.1. The number of carboxylic acid groups (broad SMARTS) is 1. The van der Waals surface area contributed by atoms with Gasteiger partial charge in [0.15, 0.2) is 6.04 Å². The van der Waals surface area contributed by atoms with E-state index in [1.165, 1.54) is 42.5 Å². The van der Waals surface area contributed by atoms with E-state index in [4.69, 9.17) is 72.4 Å². The normalized spacial score (nSPS) is 20.2. The van der Waals surface area contributed by atoms with Gasteiger partial charge < -0.3 is 113 Å². The average Bonchev–Trinajstić information content (AvgIpc) is 1.42. The molecule has 8 amide bonds. The number of carboxylic acids is 1. The first-order valence-corrected chi connectivity index (χ1v) is 45.2. The second-order valence-electron chi connectivity index (χ2n) is 37.1. The van der Waals surface area contributed by atoms with Gasteiger partial charge in [0.1, 0.15) is 71.7 Å². The number of carbonyl (C=O) groups is 9. The molecule has 2 unspecified atom stereocenters. The van der Waals surface area contributed by atoms with Gasteiger partial charge in [0.25, 0.3) is 0 Å². The number of benzene rings is 6. The summed E-state index contributed by atoms with van der Waals surface area (Å²) in [6, 6.07) is 24.6. The molecule has 37 heteroatoms. The van der Waals surface area contributed by atoms with Crippen molar-refractivity contribution in [3.05, 3.63) is 132 Å². The first-order valence-electron chi connectivity index (χ1n) is 45.2. The lowest BCUT2D eigenvalue weighted by Crippen LogP contribution is -2.54. The fourth-order valence-electron chi connectivity index (χ4n) is 18.8. The number of aromatic nitrogens is 8. The Kier molecular flexibility index (Phi) is 29.8. The number of nitrogens with zero attached hydrogens (tertiary/aromatic N) is 8. The Hall–Kier alpha value is -13.1. The van der Waals surface area contributed by atoms with Gasteiger partial charge in [-0.1, -0.05) is 77.9 Å². The molecular weight excluding hydrogens is 1730 g/mol. The van der Waals surface area contributed by atoms with Gasteiger partial charge in [-0.2, -0.15) is 0 Å². The van der Waals surface area contributed by atoms with Crippen LogP contribution in [0.2, 0.25) is 0 Å². The molecule has 10 aromatic rings. The SMILES string of the molecule is COC(=O)N[C@H](C(=O)O)[C@@H](C)OC.COC[C@H]1C[C@@H](c2nc3c(ccc4cc5c(cc43)OCc3cc(-c4cnc(C6C[C@H](C)CN6C(=O)[C@@H](NC(=O)OC)C(C)C)[nH]4)ccc3-5)[nH]2)N(C(=O)OC(C)(C)C)C1.COC[C@H]1C[C@@H](c2nc3c(ccc4cc5c(cc43)OCc3cc(-c4cnc(C6C[C@H](C)CN6C(=O)[C@@H](NC(=O)OC)C(C)C)[nH]4)ccc3-5)[nH]2)N(C(=O)[C@@H](NC(=O)OC)[C@@H](C)OC)C1. The molecule has 4 aromatic heterocycles. The predicted octanol–water partition coefficient (Wildman–Crippen LogP) is 14.0. The van der Waals surface area contributed by atoms with Crippen molar-refractivity contribution in [1.29, 1.82) is 0 Å². The number of nitrogens with one attached hydrogen (secondary N) is 8. The van der Waals surface area contributed by atoms with Crippen LogP contribution >= 0.6 is 0 Å². The van der Waals surface area contributed by atoms with E-state index in [1.54, 1.807) is 37.1 Å². The summed E-state index contributed by atoms with van der Waals surface area (Å²) in [6.07, 6.45) is 2.10. The highest BCUT2D eigenvalue weighted by molar-refractivity contribution is 6.08. The summed E-state index contributed by atoms with van der Waals surface area (Å²) < 4.78 is 58.6. The molecule has 37 nitrogen and oxygen atoms in total. The topological polar surface area (TPSA) is 451 Å². The number of carbonyl (C=O) groups excluding carboxylic acids is 8. The van der Waals surface area contributed by atoms with Crippen molar-refractivity contribution in [1.82, 2.24) is 80.7 Å². The zero-order valence-corrected chi connectivity index (χ0v) is 79.2. The Morgan fingerprint density at radius 2 is 0.836 bits per heavy atom. The first kappa shape index (κ1) is 96.9. The van der Waals surface area contributed by atoms with Gasteiger partial charge in [0.2, 0.25) is 17.7 Å². The number of ether oxygens (including phenoxy) is 11. The van der Waals surface area contributed by atoms with Gasteiger partial charge in [-0.15, -0.1) is 0 Å². The summed E-state index contributed by atoms with van der Waals surface area (Å²) in [5, 5.41) is 22.8. The number of aliphatic carboxylic acids is 1. The maximum absolute atomic E-state index is 14.1. The van der Waals surface area contributed by atoms with E-state index in [-0.39, 0.29) is 77.4 Å². The number of hydrogen-bond acceptors (Lipinski definition) is 24. The van der Waals surface area contributed by atoms with Gasteiger partial charge in [-0.05, 0) is 177 Å². The van der Waals surface area contributed by atoms with E-state index >= 15 is 0 Å². The average molecular weight is 1850 g/mol. The summed E-state index contributed by atoms with van der Waals surface area (Å²) >= 11 is 0. The summed E-state index contributed by atoms with van der Waals surface area (Å²) in [5.41, 5.74) is 12.5. The van der Waals surface area contributed by atoms with Crippen LogP contribution in [0.3, 0.4) is 0 Å². The van der Waals surface area contributed by atoms with Crippen molar-refractivity contribution in [2.75, 3.05) is 96.3 Å². The molecular formula is C97H122N16O21. The van der Waals surface area contributed by atoms with Gasteiger partial charge in [0.05, 0.1) is 124 Å². The monoisotopic (exact) mass is 1850 g/mol. The van der Waals surface area contributed by atoms with Crippen LogP contribution in [0.5, 0.6) is 11.5 Å². The fourth-order valence-corrected chi connectivity index (χ4v) is 18.8. The number of alkyl carbamates (subject to hydrolysis) is 4. The third kappa shape index (κ3) is 20.8. The third-order valence-electron chi connectivity index (χ3n) is 25.8. The van der Waals surface area contributed by atoms with Gasteiger partial charge >= 0.3 is 36.4 Å². The standard InChI is InChI=1S/C46H56N8O9.C44H53N7O7.C7H13NO5/c1-23(2)38(51-45(57)61-7)43(55)53-19-24(3)13-35(53)41-47-18-34(49-41)28-9-11-30-29(15-28)22-63-37-17-31-27(16-32(30)37)10-12-33-40(31)50-42(48-33)36-14-26(21-59-5)20-54(36)44(56)39(25(4)60-6)52-46(58)62-8;1-23(2)37(49-42(53)56-8)41(52)50-19-24(3)13-34(50)39-45-18-33(47-39)27-9-11-29-28(15-27)22-57-36-17-30-26(16-31(29)36)10-12-32-38(30)48-40(46-32)35-14-25(21-55-7)20-51(35)43(54)58-44(4,5)6;1-4(12-2)5(6(9)10)8-7(11)13-3/h9-12,15-18,23-26,35-36,38-39H,13-14,19-22H2,1-8H3,(H,47,49)(H,48,50)(H,51,57)(H,52,58);9-12,15-18,23-25,34-35,37H,13-14,19-22H2,1-8H3,(H,45,47)(H,46,48)(H,49,53);4-5H,1-3H3,(H,8,11)(H,9,10)/t24-,25+,26-,35?,36-,38-,39-;24-,25-,34?,35-,37-;4-,5+/m001/s1. The number of hydrogen-bond donors (Lipinski definition) is 9. The van der Waals surface area contributed by atoms with Crippen molar-refractivity contribution < 1.29 is 100 Å². The van der Waals surface area contributed by atoms with Gasteiger partial charge in [0, 0.05) is 88.4 Å². The molecule has 9 N–H and O–H groups in total. The number of likely N-dealkylation sites (tertiary alicyclic amines) is 4. The van der Waals surface area contributed by atoms with E-state index in [9.17, 15) is 43.2 Å². The lowest BCUT2D eigenvalue weighted by atomic mass is 9.92. The number of methoxy groups -OCH3 is 8. The van der Waals surface area contributed by atoms with Crippen LogP contribution in [0.4, 0.5) is 24.0 Å². The second kappa shape index (κ2) is 41.2. The molecule has 4 saturated heterocycles. The van der Waals surface area contributed by atoms with Crippen LogP contribution in [-0.4, -0.2) is 257 Å². The van der Waals surface area contributed by atoms with Gasteiger partial charge in [-0.25, -0.2) is 48.7 Å². The summed E-state index contributed by atoms with van der Waals surface area (Å²) in [6.45, 7) is 24.6. The Morgan fingerprint density at radius 1 is 0.455 bits per heavy atom. The van der Waals surface area contributed by atoms with Crippen molar-refractivity contribution in [2.45, 2.75) is 181 Å². The zero-order valence-electron chi connectivity index (χ0n) is 79.2. The molecule has 0 saturated carbocycles. The molecule has 0 aliphatic carbocycles. The summed E-state index contributed by atoms with van der Waals surface area (Å²) in [7, 11) is 11.2.